The Bertz CT molecular complexity index is 790. The van der Waals surface area contributed by atoms with E-state index < -0.39 is 9.84 Å². The van der Waals surface area contributed by atoms with Crippen LogP contribution >= 0.6 is 0 Å². The van der Waals surface area contributed by atoms with Gasteiger partial charge in [-0.15, -0.1) is 0 Å². The average Bonchev–Trinajstić information content (AvgIpc) is 2.96. The summed E-state index contributed by atoms with van der Waals surface area (Å²) >= 11 is 0. The molecule has 0 unspecified atom stereocenters. The summed E-state index contributed by atoms with van der Waals surface area (Å²) in [5, 5.41) is 0. The smallest absolute Gasteiger partial charge is 0.253 e. The van der Waals surface area contributed by atoms with Crippen molar-refractivity contribution in [2.24, 2.45) is 5.92 Å². The van der Waals surface area contributed by atoms with Crippen molar-refractivity contribution >= 4 is 21.7 Å². The van der Waals surface area contributed by atoms with Gasteiger partial charge in [0, 0.05) is 43.9 Å². The van der Waals surface area contributed by atoms with Crippen LogP contribution in [-0.4, -0.2) is 62.5 Å². The first-order valence-corrected chi connectivity index (χ1v) is 11.6. The first kappa shape index (κ1) is 19.9. The van der Waals surface area contributed by atoms with Crippen molar-refractivity contribution in [2.75, 3.05) is 32.4 Å². The maximum Gasteiger partial charge on any atom is 0.253 e. The first-order valence-electron chi connectivity index (χ1n) is 9.74. The third-order valence-electron chi connectivity index (χ3n) is 5.56. The molecule has 6 nitrogen and oxygen atoms in total. The fraction of sp³-hybridized carbons (Fsp3) is 0.600. The molecular weight excluding hydrogens is 364 g/mol. The highest BCUT2D eigenvalue weighted by Gasteiger charge is 2.30. The highest BCUT2D eigenvalue weighted by Crippen LogP contribution is 2.23. The van der Waals surface area contributed by atoms with E-state index >= 15 is 0 Å². The zero-order chi connectivity index (χ0) is 19.4. The van der Waals surface area contributed by atoms with Crippen molar-refractivity contribution < 1.29 is 18.0 Å². The third kappa shape index (κ3) is 4.89. The molecule has 2 amide bonds. The summed E-state index contributed by atoms with van der Waals surface area (Å²) in [5.41, 5.74) is 0.384. The lowest BCUT2D eigenvalue weighted by Crippen LogP contribution is -2.44. The summed E-state index contributed by atoms with van der Waals surface area (Å²) in [5.74, 6) is 0.0683. The molecule has 0 N–H and O–H groups in total. The fourth-order valence-electron chi connectivity index (χ4n) is 3.92. The molecule has 0 atom stereocenters. The Balaban J connectivity index is 1.60. The van der Waals surface area contributed by atoms with Crippen LogP contribution in [0.1, 0.15) is 48.9 Å². The molecular formula is C20H28N2O4S. The molecule has 3 rings (SSSR count). The quantitative estimate of drug-likeness (QED) is 0.791. The highest BCUT2D eigenvalue weighted by molar-refractivity contribution is 7.90. The number of carbonyl (C=O) groups excluding carboxylic acids is 2. The van der Waals surface area contributed by atoms with Gasteiger partial charge in [0.25, 0.3) is 5.91 Å². The lowest BCUT2D eigenvalue weighted by molar-refractivity contribution is -0.136. The second kappa shape index (κ2) is 8.42. The minimum Gasteiger partial charge on any atom is -0.342 e. The summed E-state index contributed by atoms with van der Waals surface area (Å²) in [6, 6.07) is 6.18. The van der Waals surface area contributed by atoms with Crippen molar-refractivity contribution in [1.82, 2.24) is 9.80 Å². The Hall–Kier alpha value is -1.89. The van der Waals surface area contributed by atoms with E-state index in [4.69, 9.17) is 0 Å². The number of likely N-dealkylation sites (tertiary alicyclic amines) is 2. The van der Waals surface area contributed by atoms with Crippen LogP contribution in [0.2, 0.25) is 0 Å². The lowest BCUT2D eigenvalue weighted by Gasteiger charge is -2.34. The summed E-state index contributed by atoms with van der Waals surface area (Å²) in [4.78, 5) is 29.4. The molecule has 2 fully saturated rings. The molecule has 2 saturated heterocycles. The van der Waals surface area contributed by atoms with E-state index in [2.05, 4.69) is 0 Å². The molecule has 2 aliphatic rings. The van der Waals surface area contributed by atoms with Gasteiger partial charge in [-0.2, -0.15) is 0 Å². The highest BCUT2D eigenvalue weighted by atomic mass is 32.2. The van der Waals surface area contributed by atoms with Crippen LogP contribution in [0, 0.1) is 5.92 Å². The largest absolute Gasteiger partial charge is 0.342 e. The molecule has 1 aromatic carbocycles. The fourth-order valence-corrected chi connectivity index (χ4v) is 4.59. The summed E-state index contributed by atoms with van der Waals surface area (Å²) in [6.07, 6.45) is 7.04. The van der Waals surface area contributed by atoms with Crippen molar-refractivity contribution in [3.05, 3.63) is 29.8 Å². The Morgan fingerprint density at radius 3 is 2.15 bits per heavy atom. The average molecular weight is 393 g/mol. The molecule has 1 aromatic rings. The van der Waals surface area contributed by atoms with Crippen molar-refractivity contribution in [3.8, 4) is 0 Å². The van der Waals surface area contributed by atoms with E-state index in [1.807, 2.05) is 4.90 Å². The van der Waals surface area contributed by atoms with E-state index in [-0.39, 0.29) is 22.6 Å². The van der Waals surface area contributed by atoms with Crippen LogP contribution in [-0.2, 0) is 14.6 Å². The molecule has 7 heteroatoms. The maximum absolute atomic E-state index is 12.8. The Kier molecular flexibility index (Phi) is 6.19. The molecule has 2 heterocycles. The zero-order valence-electron chi connectivity index (χ0n) is 15.9. The van der Waals surface area contributed by atoms with Crippen molar-refractivity contribution in [2.45, 2.75) is 43.4 Å². The normalized spacial score (nSPS) is 19.6. The Morgan fingerprint density at radius 1 is 0.926 bits per heavy atom. The number of hydrogen-bond donors (Lipinski definition) is 0. The second-order valence-corrected chi connectivity index (χ2v) is 9.62. The van der Waals surface area contributed by atoms with Gasteiger partial charge in [0.05, 0.1) is 4.90 Å². The number of piperidine rings is 1. The topological polar surface area (TPSA) is 74.8 Å². The van der Waals surface area contributed by atoms with Crippen LogP contribution in [0.25, 0.3) is 0 Å². The number of sulfone groups is 1. The number of amides is 2. The minimum atomic E-state index is -3.35. The monoisotopic (exact) mass is 392 g/mol. The van der Waals surface area contributed by atoms with E-state index in [0.717, 1.165) is 32.2 Å². The molecule has 0 radical (unpaired) electrons. The Morgan fingerprint density at radius 2 is 1.56 bits per heavy atom. The van der Waals surface area contributed by atoms with E-state index in [0.29, 0.717) is 31.5 Å². The van der Waals surface area contributed by atoms with E-state index in [1.54, 1.807) is 17.0 Å². The van der Waals surface area contributed by atoms with Gasteiger partial charge >= 0.3 is 0 Å². The van der Waals surface area contributed by atoms with Gasteiger partial charge in [0.15, 0.2) is 9.84 Å². The van der Waals surface area contributed by atoms with Gasteiger partial charge in [-0.25, -0.2) is 8.42 Å². The first-order chi connectivity index (χ1) is 12.9. The van der Waals surface area contributed by atoms with E-state index in [9.17, 15) is 18.0 Å². The standard InChI is InChI=1S/C20H28N2O4S/c1-27(25,26)18-8-6-7-17(15-18)20(24)22-13-9-16(10-14-22)19(23)21-11-4-2-3-5-12-21/h6-8,15-16H,2-5,9-14H2,1H3. The molecule has 2 aliphatic heterocycles. The summed E-state index contributed by atoms with van der Waals surface area (Å²) in [6.45, 7) is 2.78. The predicted molar refractivity (Wildman–Crippen MR) is 103 cm³/mol. The summed E-state index contributed by atoms with van der Waals surface area (Å²) < 4.78 is 23.4. The van der Waals surface area contributed by atoms with E-state index in [1.165, 1.54) is 25.0 Å². The van der Waals surface area contributed by atoms with Gasteiger partial charge < -0.3 is 9.80 Å². The lowest BCUT2D eigenvalue weighted by atomic mass is 9.94. The molecule has 0 aliphatic carbocycles. The number of rotatable bonds is 3. The number of benzene rings is 1. The van der Waals surface area contributed by atoms with Crippen molar-refractivity contribution in [3.63, 3.8) is 0 Å². The van der Waals surface area contributed by atoms with Crippen molar-refractivity contribution in [1.29, 1.82) is 0 Å². The third-order valence-corrected chi connectivity index (χ3v) is 6.67. The maximum atomic E-state index is 12.8. The summed E-state index contributed by atoms with van der Waals surface area (Å²) in [7, 11) is -3.35. The van der Waals surface area contributed by atoms with Crippen LogP contribution in [0.5, 0.6) is 0 Å². The Labute approximate surface area is 161 Å². The molecule has 0 spiro atoms. The molecule has 0 saturated carbocycles. The van der Waals surface area contributed by atoms with Gasteiger partial charge in [0.1, 0.15) is 0 Å². The van der Waals surface area contributed by atoms with Gasteiger partial charge in [-0.1, -0.05) is 18.9 Å². The zero-order valence-corrected chi connectivity index (χ0v) is 16.7. The minimum absolute atomic E-state index is 0.00509. The number of carbonyl (C=O) groups is 2. The second-order valence-electron chi connectivity index (χ2n) is 7.61. The van der Waals surface area contributed by atoms with Crippen LogP contribution < -0.4 is 0 Å². The van der Waals surface area contributed by atoms with Gasteiger partial charge in [0.2, 0.25) is 5.91 Å². The SMILES string of the molecule is CS(=O)(=O)c1cccc(C(=O)N2CCC(C(=O)N3CCCCCC3)CC2)c1. The molecule has 27 heavy (non-hydrogen) atoms. The predicted octanol–water partition coefficient (Wildman–Crippen LogP) is 2.34. The van der Waals surface area contributed by atoms with Crippen LogP contribution in [0.15, 0.2) is 29.2 Å². The van der Waals surface area contributed by atoms with Gasteiger partial charge in [-0.3, -0.25) is 9.59 Å². The van der Waals surface area contributed by atoms with Gasteiger partial charge in [-0.05, 0) is 43.9 Å². The molecule has 0 aromatic heterocycles. The number of nitrogens with zero attached hydrogens (tertiary/aromatic N) is 2. The molecule has 0 bridgehead atoms. The number of hydrogen-bond acceptors (Lipinski definition) is 4. The van der Waals surface area contributed by atoms with Crippen LogP contribution in [0.3, 0.4) is 0 Å². The molecule has 148 valence electrons. The van der Waals surface area contributed by atoms with Crippen LogP contribution in [0.4, 0.5) is 0 Å².